The third kappa shape index (κ3) is 2.58. The van der Waals surface area contributed by atoms with Gasteiger partial charge in [-0.2, -0.15) is 0 Å². The van der Waals surface area contributed by atoms with Crippen LogP contribution in [-0.2, 0) is 0 Å². The molecular formula is C13H18N2O2. The molecule has 2 rings (SSSR count). The van der Waals surface area contributed by atoms with Crippen molar-refractivity contribution in [2.75, 3.05) is 6.54 Å². The van der Waals surface area contributed by atoms with Crippen molar-refractivity contribution in [3.05, 3.63) is 29.3 Å². The Bertz CT molecular complexity index is 427. The number of carbonyl (C=O) groups excluding carboxylic acids is 1. The van der Waals surface area contributed by atoms with Gasteiger partial charge in [-0.1, -0.05) is 6.07 Å². The maximum atomic E-state index is 11.2. The summed E-state index contributed by atoms with van der Waals surface area (Å²) in [4.78, 5) is 11.2. The smallest absolute Gasteiger partial charge is 0.249 e. The summed E-state index contributed by atoms with van der Waals surface area (Å²) in [5, 5.41) is 3.30. The van der Waals surface area contributed by atoms with E-state index in [0.29, 0.717) is 17.4 Å². The number of rotatable bonds is 4. The molecule has 1 aliphatic rings. The van der Waals surface area contributed by atoms with Crippen LogP contribution in [0.4, 0.5) is 0 Å². The van der Waals surface area contributed by atoms with Crippen LogP contribution in [0.15, 0.2) is 18.2 Å². The highest BCUT2D eigenvalue weighted by atomic mass is 16.5. The molecule has 4 nitrogen and oxygen atoms in total. The van der Waals surface area contributed by atoms with Crippen molar-refractivity contribution >= 4 is 5.91 Å². The largest absolute Gasteiger partial charge is 0.489 e. The Labute approximate surface area is 101 Å². The zero-order chi connectivity index (χ0) is 12.4. The first kappa shape index (κ1) is 11.9. The molecule has 4 heteroatoms. The van der Waals surface area contributed by atoms with Gasteiger partial charge in [-0.25, -0.2) is 0 Å². The van der Waals surface area contributed by atoms with Crippen molar-refractivity contribution in [2.45, 2.75) is 32.4 Å². The molecule has 0 saturated carbocycles. The zero-order valence-corrected chi connectivity index (χ0v) is 10.2. The lowest BCUT2D eigenvalue weighted by Crippen LogP contribution is -2.51. The Morgan fingerprint density at radius 3 is 2.82 bits per heavy atom. The number of benzene rings is 1. The molecule has 1 heterocycles. The van der Waals surface area contributed by atoms with Gasteiger partial charge < -0.3 is 15.8 Å². The molecule has 1 saturated heterocycles. The van der Waals surface area contributed by atoms with E-state index in [1.165, 1.54) is 0 Å². The second-order valence-electron chi connectivity index (χ2n) is 4.51. The summed E-state index contributed by atoms with van der Waals surface area (Å²) in [6.07, 6.45) is 1.24. The SMILES string of the molecule is Cc1ccc(O[C@@H](C)[C@@H]2CCN2)cc1C(N)=O. The van der Waals surface area contributed by atoms with Crippen LogP contribution in [0.1, 0.15) is 29.3 Å². The predicted octanol–water partition coefficient (Wildman–Crippen LogP) is 1.22. The van der Waals surface area contributed by atoms with Crippen molar-refractivity contribution in [3.8, 4) is 5.75 Å². The fraction of sp³-hybridized carbons (Fsp3) is 0.462. The first-order chi connectivity index (χ1) is 8.08. The van der Waals surface area contributed by atoms with Gasteiger partial charge in [0.2, 0.25) is 5.91 Å². The fourth-order valence-electron chi connectivity index (χ4n) is 1.95. The number of primary amides is 1. The predicted molar refractivity (Wildman–Crippen MR) is 66.2 cm³/mol. The van der Waals surface area contributed by atoms with Crippen LogP contribution < -0.4 is 15.8 Å². The lowest BCUT2D eigenvalue weighted by molar-refractivity contribution is 0.0997. The van der Waals surface area contributed by atoms with Crippen molar-refractivity contribution in [3.63, 3.8) is 0 Å². The minimum Gasteiger partial charge on any atom is -0.489 e. The summed E-state index contributed by atoms with van der Waals surface area (Å²) in [7, 11) is 0. The van der Waals surface area contributed by atoms with Crippen LogP contribution in [-0.4, -0.2) is 24.6 Å². The molecule has 0 radical (unpaired) electrons. The first-order valence-corrected chi connectivity index (χ1v) is 5.88. The van der Waals surface area contributed by atoms with Crippen molar-refractivity contribution in [1.82, 2.24) is 5.32 Å². The second kappa shape index (κ2) is 4.75. The van der Waals surface area contributed by atoms with Crippen LogP contribution in [0.5, 0.6) is 5.75 Å². The molecule has 1 amide bonds. The van der Waals surface area contributed by atoms with Crippen LogP contribution >= 0.6 is 0 Å². The topological polar surface area (TPSA) is 64.3 Å². The van der Waals surface area contributed by atoms with Crippen molar-refractivity contribution in [2.24, 2.45) is 5.73 Å². The number of nitrogens with one attached hydrogen (secondary N) is 1. The van der Waals surface area contributed by atoms with Gasteiger partial charge in [0, 0.05) is 11.6 Å². The highest BCUT2D eigenvalue weighted by molar-refractivity contribution is 5.94. The van der Waals surface area contributed by atoms with Crippen molar-refractivity contribution in [1.29, 1.82) is 0 Å². The normalized spacial score (nSPS) is 20.5. The maximum absolute atomic E-state index is 11.2. The summed E-state index contributed by atoms with van der Waals surface area (Å²) >= 11 is 0. The lowest BCUT2D eigenvalue weighted by Gasteiger charge is -2.33. The molecule has 0 bridgehead atoms. The fourth-order valence-corrected chi connectivity index (χ4v) is 1.95. The molecule has 2 atom stereocenters. The number of hydrogen-bond acceptors (Lipinski definition) is 3. The molecule has 0 aliphatic carbocycles. The maximum Gasteiger partial charge on any atom is 0.249 e. The minimum absolute atomic E-state index is 0.104. The van der Waals surface area contributed by atoms with Crippen molar-refractivity contribution < 1.29 is 9.53 Å². The Kier molecular flexibility index (Phi) is 3.33. The Morgan fingerprint density at radius 1 is 1.59 bits per heavy atom. The summed E-state index contributed by atoms with van der Waals surface area (Å²) in [5.41, 5.74) is 6.70. The third-order valence-corrected chi connectivity index (χ3v) is 3.22. The van der Waals surface area contributed by atoms with E-state index in [-0.39, 0.29) is 6.10 Å². The zero-order valence-electron chi connectivity index (χ0n) is 10.2. The number of ether oxygens (including phenoxy) is 1. The molecule has 92 valence electrons. The van der Waals surface area contributed by atoms with Crippen LogP contribution in [0.3, 0.4) is 0 Å². The third-order valence-electron chi connectivity index (χ3n) is 3.22. The quantitative estimate of drug-likeness (QED) is 0.823. The summed E-state index contributed by atoms with van der Waals surface area (Å²) in [6, 6.07) is 5.86. The van der Waals surface area contributed by atoms with Gasteiger partial charge in [-0.3, -0.25) is 4.79 Å². The van der Waals surface area contributed by atoms with Gasteiger partial charge in [0.1, 0.15) is 11.9 Å². The standard InChI is InChI=1S/C13H18N2O2/c1-8-3-4-10(7-11(8)13(14)16)17-9(2)12-5-6-15-12/h3-4,7,9,12,15H,5-6H2,1-2H3,(H2,14,16)/t9-,12-/m0/s1. The van der Waals surface area contributed by atoms with E-state index in [4.69, 9.17) is 10.5 Å². The van der Waals surface area contributed by atoms with Crippen LogP contribution in [0.2, 0.25) is 0 Å². The van der Waals surface area contributed by atoms with E-state index in [1.54, 1.807) is 6.07 Å². The van der Waals surface area contributed by atoms with Gasteiger partial charge in [-0.15, -0.1) is 0 Å². The molecule has 3 N–H and O–H groups in total. The van der Waals surface area contributed by atoms with Crippen LogP contribution in [0.25, 0.3) is 0 Å². The number of carbonyl (C=O) groups is 1. The second-order valence-corrected chi connectivity index (χ2v) is 4.51. The van der Waals surface area contributed by atoms with E-state index in [9.17, 15) is 4.79 Å². The van der Waals surface area contributed by atoms with Crippen LogP contribution in [0, 0.1) is 6.92 Å². The van der Waals surface area contributed by atoms with Gasteiger partial charge >= 0.3 is 0 Å². The number of amides is 1. The first-order valence-electron chi connectivity index (χ1n) is 5.88. The summed E-state index contributed by atoms with van der Waals surface area (Å²) in [5.74, 6) is 0.285. The van der Waals surface area contributed by atoms with Gasteiger partial charge in [-0.05, 0) is 44.5 Å². The molecule has 0 unspecified atom stereocenters. The molecule has 1 fully saturated rings. The highest BCUT2D eigenvalue weighted by Crippen LogP contribution is 2.20. The van der Waals surface area contributed by atoms with E-state index in [1.807, 2.05) is 26.0 Å². The molecule has 0 spiro atoms. The van der Waals surface area contributed by atoms with E-state index in [0.717, 1.165) is 18.5 Å². The number of hydrogen-bond donors (Lipinski definition) is 2. The minimum atomic E-state index is -0.414. The Morgan fingerprint density at radius 2 is 2.29 bits per heavy atom. The molecule has 1 aromatic rings. The molecule has 0 aromatic heterocycles. The lowest BCUT2D eigenvalue weighted by atomic mass is 10.0. The Hall–Kier alpha value is -1.55. The number of aryl methyl sites for hydroxylation is 1. The monoisotopic (exact) mass is 234 g/mol. The molecule has 17 heavy (non-hydrogen) atoms. The molecular weight excluding hydrogens is 216 g/mol. The average molecular weight is 234 g/mol. The number of nitrogens with two attached hydrogens (primary N) is 1. The average Bonchev–Trinajstić information content (AvgIpc) is 2.17. The Balaban J connectivity index is 2.10. The molecule has 1 aliphatic heterocycles. The molecule has 1 aromatic carbocycles. The summed E-state index contributed by atoms with van der Waals surface area (Å²) in [6.45, 7) is 4.94. The highest BCUT2D eigenvalue weighted by Gasteiger charge is 2.24. The summed E-state index contributed by atoms with van der Waals surface area (Å²) < 4.78 is 5.79. The van der Waals surface area contributed by atoms with Gasteiger partial charge in [0.05, 0.1) is 0 Å². The van der Waals surface area contributed by atoms with E-state index >= 15 is 0 Å². The van der Waals surface area contributed by atoms with Gasteiger partial charge in [0.15, 0.2) is 0 Å². The van der Waals surface area contributed by atoms with E-state index < -0.39 is 5.91 Å². The van der Waals surface area contributed by atoms with E-state index in [2.05, 4.69) is 5.32 Å². The van der Waals surface area contributed by atoms with Gasteiger partial charge in [0.25, 0.3) is 0 Å².